The number of benzene rings is 2. The molecule has 5 heteroatoms. The second kappa shape index (κ2) is 5.10. The molecule has 0 N–H and O–H groups in total. The Morgan fingerprint density at radius 3 is 2.14 bits per heavy atom. The minimum atomic E-state index is -0.386. The number of amides is 2. The molecule has 0 aliphatic carbocycles. The lowest BCUT2D eigenvalue weighted by Gasteiger charge is -2.17. The van der Waals surface area contributed by atoms with Gasteiger partial charge in [0.1, 0.15) is 11.8 Å². The zero-order chi connectivity index (χ0) is 14.8. The van der Waals surface area contributed by atoms with Crippen LogP contribution in [0.25, 0.3) is 0 Å². The SMILES string of the molecule is N#CCOc1ccccc1N1C(=O)c2ccccc2C1=O. The molecule has 2 aromatic carbocycles. The van der Waals surface area contributed by atoms with E-state index in [4.69, 9.17) is 10.00 Å². The van der Waals surface area contributed by atoms with E-state index in [1.54, 1.807) is 48.5 Å². The smallest absolute Gasteiger partial charge is 0.266 e. The molecule has 0 fully saturated rings. The average molecular weight is 278 g/mol. The van der Waals surface area contributed by atoms with Crippen LogP contribution in [0.3, 0.4) is 0 Å². The van der Waals surface area contributed by atoms with E-state index in [9.17, 15) is 9.59 Å². The van der Waals surface area contributed by atoms with Crippen LogP contribution >= 0.6 is 0 Å². The number of nitrogens with zero attached hydrogens (tertiary/aromatic N) is 2. The van der Waals surface area contributed by atoms with Gasteiger partial charge in [0, 0.05) is 0 Å². The summed E-state index contributed by atoms with van der Waals surface area (Å²) >= 11 is 0. The van der Waals surface area contributed by atoms with Crippen molar-refractivity contribution < 1.29 is 14.3 Å². The van der Waals surface area contributed by atoms with E-state index in [0.717, 1.165) is 4.90 Å². The van der Waals surface area contributed by atoms with Crippen molar-refractivity contribution in [3.05, 3.63) is 59.7 Å². The van der Waals surface area contributed by atoms with Crippen LogP contribution in [0, 0.1) is 11.3 Å². The number of imide groups is 1. The maximum Gasteiger partial charge on any atom is 0.266 e. The lowest BCUT2D eigenvalue weighted by atomic mass is 10.1. The van der Waals surface area contributed by atoms with Crippen molar-refractivity contribution in [2.24, 2.45) is 0 Å². The first-order chi connectivity index (χ1) is 10.2. The molecule has 0 aromatic heterocycles. The van der Waals surface area contributed by atoms with Gasteiger partial charge in [0.2, 0.25) is 0 Å². The number of fused-ring (bicyclic) bond motifs is 1. The Morgan fingerprint density at radius 1 is 0.952 bits per heavy atom. The normalized spacial score (nSPS) is 13.0. The van der Waals surface area contributed by atoms with Gasteiger partial charge < -0.3 is 4.74 Å². The number of rotatable bonds is 3. The number of anilines is 1. The number of hydrogen-bond acceptors (Lipinski definition) is 4. The van der Waals surface area contributed by atoms with Gasteiger partial charge in [-0.15, -0.1) is 0 Å². The summed E-state index contributed by atoms with van der Waals surface area (Å²) in [5.74, 6) is -0.444. The van der Waals surface area contributed by atoms with Gasteiger partial charge in [-0.3, -0.25) is 9.59 Å². The second-order valence-electron chi connectivity index (χ2n) is 4.41. The van der Waals surface area contributed by atoms with Gasteiger partial charge in [0.15, 0.2) is 6.61 Å². The molecule has 0 saturated heterocycles. The summed E-state index contributed by atoms with van der Waals surface area (Å²) in [5.41, 5.74) is 1.09. The number of nitriles is 1. The summed E-state index contributed by atoms with van der Waals surface area (Å²) in [6.07, 6.45) is 0. The summed E-state index contributed by atoms with van der Waals surface area (Å²) in [6, 6.07) is 15.2. The fourth-order valence-electron chi connectivity index (χ4n) is 2.28. The molecule has 0 spiro atoms. The molecule has 3 rings (SSSR count). The van der Waals surface area contributed by atoms with E-state index < -0.39 is 0 Å². The van der Waals surface area contributed by atoms with Crippen molar-refractivity contribution in [2.75, 3.05) is 11.5 Å². The predicted molar refractivity (Wildman–Crippen MR) is 75.1 cm³/mol. The highest BCUT2D eigenvalue weighted by molar-refractivity contribution is 6.34. The molecule has 0 atom stereocenters. The van der Waals surface area contributed by atoms with Crippen LogP contribution in [-0.4, -0.2) is 18.4 Å². The maximum absolute atomic E-state index is 12.4. The molecule has 102 valence electrons. The molecule has 2 amide bonds. The van der Waals surface area contributed by atoms with Crippen molar-refractivity contribution in [1.29, 1.82) is 5.26 Å². The Morgan fingerprint density at radius 2 is 1.52 bits per heavy atom. The fourth-order valence-corrected chi connectivity index (χ4v) is 2.28. The van der Waals surface area contributed by atoms with Crippen LogP contribution in [0.4, 0.5) is 5.69 Å². The van der Waals surface area contributed by atoms with Crippen molar-refractivity contribution in [3.63, 3.8) is 0 Å². The van der Waals surface area contributed by atoms with Gasteiger partial charge in [0.05, 0.1) is 16.8 Å². The third-order valence-corrected chi connectivity index (χ3v) is 3.19. The maximum atomic E-state index is 12.4. The number of carbonyl (C=O) groups excluding carboxylic acids is 2. The topological polar surface area (TPSA) is 70.4 Å². The molecule has 1 aliphatic rings. The highest BCUT2D eigenvalue weighted by Gasteiger charge is 2.37. The van der Waals surface area contributed by atoms with Crippen molar-refractivity contribution >= 4 is 17.5 Å². The zero-order valence-electron chi connectivity index (χ0n) is 10.9. The van der Waals surface area contributed by atoms with Gasteiger partial charge >= 0.3 is 0 Å². The molecule has 1 heterocycles. The molecule has 0 saturated carbocycles. The predicted octanol–water partition coefficient (Wildman–Crippen LogP) is 2.39. The molecular formula is C16H10N2O3. The molecule has 2 aromatic rings. The van der Waals surface area contributed by atoms with Crippen LogP contribution in [-0.2, 0) is 0 Å². The standard InChI is InChI=1S/C16H10N2O3/c17-9-10-21-14-8-4-3-7-13(14)18-15(19)11-5-1-2-6-12(11)16(18)20/h1-8H,10H2. The highest BCUT2D eigenvalue weighted by Crippen LogP contribution is 2.34. The van der Waals surface area contributed by atoms with Crippen molar-refractivity contribution in [3.8, 4) is 11.8 Å². The van der Waals surface area contributed by atoms with Crippen molar-refractivity contribution in [2.45, 2.75) is 0 Å². The van der Waals surface area contributed by atoms with Crippen LogP contribution < -0.4 is 9.64 Å². The highest BCUT2D eigenvalue weighted by atomic mass is 16.5. The van der Waals surface area contributed by atoms with E-state index >= 15 is 0 Å². The molecule has 5 nitrogen and oxygen atoms in total. The Hall–Kier alpha value is -3.13. The average Bonchev–Trinajstić information content (AvgIpc) is 2.78. The summed E-state index contributed by atoms with van der Waals surface area (Å²) < 4.78 is 5.29. The number of hydrogen-bond donors (Lipinski definition) is 0. The molecule has 0 unspecified atom stereocenters. The lowest BCUT2D eigenvalue weighted by Crippen LogP contribution is -2.29. The third-order valence-electron chi connectivity index (χ3n) is 3.19. The van der Waals surface area contributed by atoms with E-state index in [1.165, 1.54) is 0 Å². The van der Waals surface area contributed by atoms with Crippen LogP contribution in [0.2, 0.25) is 0 Å². The first kappa shape index (κ1) is 12.9. The van der Waals surface area contributed by atoms with Crippen molar-refractivity contribution in [1.82, 2.24) is 0 Å². The monoisotopic (exact) mass is 278 g/mol. The van der Waals surface area contributed by atoms with Gasteiger partial charge in [-0.2, -0.15) is 5.26 Å². The van der Waals surface area contributed by atoms with Crippen LogP contribution in [0.1, 0.15) is 20.7 Å². The van der Waals surface area contributed by atoms with E-state index in [-0.39, 0.29) is 18.4 Å². The summed E-state index contributed by atoms with van der Waals surface area (Å²) in [5, 5.41) is 8.61. The molecule has 0 radical (unpaired) electrons. The van der Waals surface area contributed by atoms with Gasteiger partial charge in [-0.25, -0.2) is 4.90 Å². The largest absolute Gasteiger partial charge is 0.477 e. The van der Waals surface area contributed by atoms with Crippen LogP contribution in [0.15, 0.2) is 48.5 Å². The molecule has 21 heavy (non-hydrogen) atoms. The summed E-state index contributed by atoms with van der Waals surface area (Å²) in [4.78, 5) is 25.9. The van der Waals surface area contributed by atoms with E-state index in [1.807, 2.05) is 6.07 Å². The third kappa shape index (κ3) is 2.03. The number of para-hydroxylation sites is 2. The first-order valence-electron chi connectivity index (χ1n) is 6.30. The fraction of sp³-hybridized carbons (Fsp3) is 0.0625. The molecule has 1 aliphatic heterocycles. The zero-order valence-corrected chi connectivity index (χ0v) is 10.9. The van der Waals surface area contributed by atoms with Crippen LogP contribution in [0.5, 0.6) is 5.75 Å². The Labute approximate surface area is 121 Å². The minimum absolute atomic E-state index is 0.153. The molecular weight excluding hydrogens is 268 g/mol. The summed E-state index contributed by atoms with van der Waals surface area (Å²) in [7, 11) is 0. The summed E-state index contributed by atoms with van der Waals surface area (Å²) in [6.45, 7) is -0.153. The van der Waals surface area contributed by atoms with E-state index in [0.29, 0.717) is 22.6 Å². The Kier molecular flexibility index (Phi) is 3.13. The Bertz CT molecular complexity index is 742. The first-order valence-corrected chi connectivity index (χ1v) is 6.30. The Balaban J connectivity index is 2.06. The number of carbonyl (C=O) groups is 2. The number of ether oxygens (including phenoxy) is 1. The quantitative estimate of drug-likeness (QED) is 0.808. The van der Waals surface area contributed by atoms with Gasteiger partial charge in [0.25, 0.3) is 11.8 Å². The van der Waals surface area contributed by atoms with Gasteiger partial charge in [-0.05, 0) is 24.3 Å². The lowest BCUT2D eigenvalue weighted by molar-refractivity contribution is 0.0925. The molecule has 0 bridgehead atoms. The minimum Gasteiger partial charge on any atom is -0.477 e. The van der Waals surface area contributed by atoms with Gasteiger partial charge in [-0.1, -0.05) is 24.3 Å². The second-order valence-corrected chi connectivity index (χ2v) is 4.41. The van der Waals surface area contributed by atoms with E-state index in [2.05, 4.69) is 0 Å².